The maximum absolute atomic E-state index is 5.55. The molecule has 0 bridgehead atoms. The number of hydrogen-bond acceptors (Lipinski definition) is 2. The highest BCUT2D eigenvalue weighted by Gasteiger charge is 2.14. The minimum Gasteiger partial charge on any atom is -0.494 e. The number of likely N-dealkylation sites (N-methyl/N-ethyl adjacent to an activating group) is 1. The highest BCUT2D eigenvalue weighted by molar-refractivity contribution is 9.10. The SMILES string of the molecule is CCNC(Cc1ccccc1)c1ccc(OCC)cc1Br. The van der Waals surface area contributed by atoms with E-state index in [-0.39, 0.29) is 0 Å². The summed E-state index contributed by atoms with van der Waals surface area (Å²) in [6.45, 7) is 5.77. The lowest BCUT2D eigenvalue weighted by Gasteiger charge is -2.20. The van der Waals surface area contributed by atoms with E-state index in [1.54, 1.807) is 0 Å². The van der Waals surface area contributed by atoms with E-state index in [2.05, 4.69) is 64.6 Å². The summed E-state index contributed by atoms with van der Waals surface area (Å²) in [6.07, 6.45) is 0.973. The minimum atomic E-state index is 0.294. The van der Waals surface area contributed by atoms with E-state index in [1.165, 1.54) is 11.1 Å². The average molecular weight is 348 g/mol. The van der Waals surface area contributed by atoms with Gasteiger partial charge in [-0.25, -0.2) is 0 Å². The first-order valence-electron chi connectivity index (χ1n) is 7.44. The lowest BCUT2D eigenvalue weighted by molar-refractivity contribution is 0.339. The van der Waals surface area contributed by atoms with Gasteiger partial charge in [-0.15, -0.1) is 0 Å². The third-order valence-electron chi connectivity index (χ3n) is 3.39. The van der Waals surface area contributed by atoms with Crippen LogP contribution in [0.25, 0.3) is 0 Å². The summed E-state index contributed by atoms with van der Waals surface area (Å²) in [7, 11) is 0. The molecule has 0 aliphatic heterocycles. The first-order chi connectivity index (χ1) is 10.2. The quantitative estimate of drug-likeness (QED) is 0.780. The predicted octanol–water partition coefficient (Wildman–Crippen LogP) is 4.74. The fourth-order valence-electron chi connectivity index (χ4n) is 2.44. The molecule has 0 saturated heterocycles. The van der Waals surface area contributed by atoms with Gasteiger partial charge in [0, 0.05) is 10.5 Å². The monoisotopic (exact) mass is 347 g/mol. The number of halogens is 1. The molecule has 0 heterocycles. The zero-order chi connectivity index (χ0) is 15.1. The number of nitrogens with one attached hydrogen (secondary N) is 1. The normalized spacial score (nSPS) is 12.1. The van der Waals surface area contributed by atoms with Gasteiger partial charge in [-0.2, -0.15) is 0 Å². The van der Waals surface area contributed by atoms with Crippen molar-refractivity contribution in [3.05, 3.63) is 64.1 Å². The fraction of sp³-hybridized carbons (Fsp3) is 0.333. The number of rotatable bonds is 7. The van der Waals surface area contributed by atoms with Gasteiger partial charge in [-0.1, -0.05) is 59.3 Å². The number of hydrogen-bond donors (Lipinski definition) is 1. The molecule has 2 nitrogen and oxygen atoms in total. The molecule has 0 saturated carbocycles. The highest BCUT2D eigenvalue weighted by atomic mass is 79.9. The van der Waals surface area contributed by atoms with E-state index >= 15 is 0 Å². The van der Waals surface area contributed by atoms with Gasteiger partial charge in [0.1, 0.15) is 5.75 Å². The predicted molar refractivity (Wildman–Crippen MR) is 91.9 cm³/mol. The summed E-state index contributed by atoms with van der Waals surface area (Å²) in [6, 6.07) is 17.1. The van der Waals surface area contributed by atoms with Gasteiger partial charge >= 0.3 is 0 Å². The van der Waals surface area contributed by atoms with Crippen molar-refractivity contribution in [3.63, 3.8) is 0 Å². The van der Waals surface area contributed by atoms with Crippen molar-refractivity contribution in [2.75, 3.05) is 13.2 Å². The zero-order valence-electron chi connectivity index (χ0n) is 12.6. The lowest BCUT2D eigenvalue weighted by Crippen LogP contribution is -2.23. The molecule has 1 unspecified atom stereocenters. The van der Waals surface area contributed by atoms with Gasteiger partial charge in [0.15, 0.2) is 0 Å². The van der Waals surface area contributed by atoms with Crippen molar-refractivity contribution in [1.29, 1.82) is 0 Å². The molecule has 1 N–H and O–H groups in total. The molecule has 0 aliphatic rings. The molecule has 0 spiro atoms. The van der Waals surface area contributed by atoms with Gasteiger partial charge in [0.05, 0.1) is 6.61 Å². The number of ether oxygens (including phenoxy) is 1. The number of benzene rings is 2. The van der Waals surface area contributed by atoms with Crippen LogP contribution in [0.5, 0.6) is 5.75 Å². The molecule has 0 amide bonds. The van der Waals surface area contributed by atoms with Crippen molar-refractivity contribution in [3.8, 4) is 5.75 Å². The Balaban J connectivity index is 2.21. The molecule has 1 atom stereocenters. The van der Waals surface area contributed by atoms with Crippen LogP contribution in [0.15, 0.2) is 53.0 Å². The van der Waals surface area contributed by atoms with Crippen LogP contribution in [0, 0.1) is 0 Å². The minimum absolute atomic E-state index is 0.294. The van der Waals surface area contributed by atoms with E-state index in [0.29, 0.717) is 12.6 Å². The zero-order valence-corrected chi connectivity index (χ0v) is 14.2. The molecule has 0 radical (unpaired) electrons. The third-order valence-corrected chi connectivity index (χ3v) is 4.08. The van der Waals surface area contributed by atoms with Gasteiger partial charge in [-0.05, 0) is 43.1 Å². The summed E-state index contributed by atoms with van der Waals surface area (Å²) in [4.78, 5) is 0. The summed E-state index contributed by atoms with van der Waals surface area (Å²) >= 11 is 3.68. The summed E-state index contributed by atoms with van der Waals surface area (Å²) in [5.41, 5.74) is 2.60. The largest absolute Gasteiger partial charge is 0.494 e. The second-order valence-corrected chi connectivity index (χ2v) is 5.77. The van der Waals surface area contributed by atoms with E-state index in [0.717, 1.165) is 23.2 Å². The maximum Gasteiger partial charge on any atom is 0.120 e. The molecule has 2 aromatic carbocycles. The Labute approximate surface area is 135 Å². The van der Waals surface area contributed by atoms with Crippen LogP contribution in [0.1, 0.15) is 31.0 Å². The van der Waals surface area contributed by atoms with Crippen molar-refractivity contribution in [1.82, 2.24) is 5.32 Å². The van der Waals surface area contributed by atoms with Gasteiger partial charge in [0.2, 0.25) is 0 Å². The van der Waals surface area contributed by atoms with Crippen LogP contribution in [0.4, 0.5) is 0 Å². The van der Waals surface area contributed by atoms with Crippen LogP contribution < -0.4 is 10.1 Å². The molecule has 21 heavy (non-hydrogen) atoms. The van der Waals surface area contributed by atoms with Gasteiger partial charge in [0.25, 0.3) is 0 Å². The second-order valence-electron chi connectivity index (χ2n) is 4.92. The van der Waals surface area contributed by atoms with Crippen LogP contribution in [0.2, 0.25) is 0 Å². The van der Waals surface area contributed by atoms with Crippen molar-refractivity contribution >= 4 is 15.9 Å². The Morgan fingerprint density at radius 3 is 2.48 bits per heavy atom. The molecule has 112 valence electrons. The van der Waals surface area contributed by atoms with E-state index in [9.17, 15) is 0 Å². The summed E-state index contributed by atoms with van der Waals surface area (Å²) in [5, 5.41) is 3.57. The standard InChI is InChI=1S/C18H22BrNO/c1-3-20-18(12-14-8-6-5-7-9-14)16-11-10-15(21-4-2)13-17(16)19/h5-11,13,18,20H,3-4,12H2,1-2H3. The smallest absolute Gasteiger partial charge is 0.120 e. The Morgan fingerprint density at radius 2 is 1.86 bits per heavy atom. The van der Waals surface area contributed by atoms with Crippen LogP contribution in [0.3, 0.4) is 0 Å². The van der Waals surface area contributed by atoms with E-state index in [1.807, 2.05) is 19.1 Å². The average Bonchev–Trinajstić information content (AvgIpc) is 2.48. The molecule has 3 heteroatoms. The van der Waals surface area contributed by atoms with Crippen LogP contribution in [-0.4, -0.2) is 13.2 Å². The Kier molecular flexibility index (Phi) is 6.27. The Morgan fingerprint density at radius 1 is 1.10 bits per heavy atom. The van der Waals surface area contributed by atoms with Gasteiger partial charge in [-0.3, -0.25) is 0 Å². The first-order valence-corrected chi connectivity index (χ1v) is 8.23. The Bertz CT molecular complexity index is 556. The first kappa shape index (κ1) is 16.1. The lowest BCUT2D eigenvalue weighted by atomic mass is 9.98. The third kappa shape index (κ3) is 4.58. The Hall–Kier alpha value is -1.32. The maximum atomic E-state index is 5.55. The molecule has 0 aromatic heterocycles. The van der Waals surface area contributed by atoms with Crippen molar-refractivity contribution in [2.24, 2.45) is 0 Å². The highest BCUT2D eigenvalue weighted by Crippen LogP contribution is 2.29. The molecule has 0 fully saturated rings. The van der Waals surface area contributed by atoms with Crippen molar-refractivity contribution in [2.45, 2.75) is 26.3 Å². The topological polar surface area (TPSA) is 21.3 Å². The second kappa shape index (κ2) is 8.20. The van der Waals surface area contributed by atoms with Gasteiger partial charge < -0.3 is 10.1 Å². The fourth-order valence-corrected chi connectivity index (χ4v) is 3.07. The van der Waals surface area contributed by atoms with Crippen LogP contribution in [-0.2, 0) is 6.42 Å². The molecule has 0 aliphatic carbocycles. The molecular formula is C18H22BrNO. The van der Waals surface area contributed by atoms with E-state index < -0.39 is 0 Å². The van der Waals surface area contributed by atoms with E-state index in [4.69, 9.17) is 4.74 Å². The molecule has 2 rings (SSSR count). The van der Waals surface area contributed by atoms with Crippen molar-refractivity contribution < 1.29 is 4.74 Å². The molecular weight excluding hydrogens is 326 g/mol. The summed E-state index contributed by atoms with van der Waals surface area (Å²) in [5.74, 6) is 0.906. The summed E-state index contributed by atoms with van der Waals surface area (Å²) < 4.78 is 6.64. The van der Waals surface area contributed by atoms with Crippen LogP contribution >= 0.6 is 15.9 Å². The molecule has 2 aromatic rings.